The second-order valence-corrected chi connectivity index (χ2v) is 15.3. The maximum Gasteiger partial charge on any atom is 0.410 e. The number of hydrogen-bond donors (Lipinski definition) is 0. The van der Waals surface area contributed by atoms with E-state index in [0.717, 1.165) is 25.7 Å². The average Bonchev–Trinajstić information content (AvgIpc) is 3.54. The van der Waals surface area contributed by atoms with Crippen molar-refractivity contribution in [3.8, 4) is 0 Å². The minimum Gasteiger partial charge on any atom is -0.444 e. The van der Waals surface area contributed by atoms with Gasteiger partial charge in [0.2, 0.25) is 15.9 Å². The molecule has 2 saturated heterocycles. The lowest BCUT2D eigenvalue weighted by atomic mass is 9.78. The van der Waals surface area contributed by atoms with Gasteiger partial charge >= 0.3 is 6.09 Å². The van der Waals surface area contributed by atoms with Crippen molar-refractivity contribution in [2.75, 3.05) is 25.4 Å². The number of carbonyl (C=O) groups is 1. The highest BCUT2D eigenvalue weighted by atomic mass is 32.2. The molecule has 0 spiro atoms. The summed E-state index contributed by atoms with van der Waals surface area (Å²) < 4.78 is 40.6. The summed E-state index contributed by atoms with van der Waals surface area (Å²) in [4.78, 5) is 18.9. The molecular formula is C31H46N4O5S. The first kappa shape index (κ1) is 30.0. The third kappa shape index (κ3) is 8.09. The van der Waals surface area contributed by atoms with Crippen LogP contribution in [0.15, 0.2) is 34.9 Å². The van der Waals surface area contributed by atoms with Gasteiger partial charge in [-0.15, -0.1) is 0 Å². The monoisotopic (exact) mass is 586 g/mol. The van der Waals surface area contributed by atoms with E-state index in [0.29, 0.717) is 62.4 Å². The number of sulfonamides is 1. The van der Waals surface area contributed by atoms with Crippen molar-refractivity contribution in [2.45, 2.75) is 96.6 Å². The van der Waals surface area contributed by atoms with Gasteiger partial charge in [0.25, 0.3) is 0 Å². The van der Waals surface area contributed by atoms with E-state index in [9.17, 15) is 13.2 Å². The first-order chi connectivity index (χ1) is 19.6. The van der Waals surface area contributed by atoms with Crippen LogP contribution in [-0.2, 0) is 27.6 Å². The third-order valence-corrected chi connectivity index (χ3v) is 10.8. The Labute approximate surface area is 245 Å². The Hall–Kier alpha value is -2.46. The van der Waals surface area contributed by atoms with Crippen molar-refractivity contribution in [1.82, 2.24) is 19.3 Å². The number of likely N-dealkylation sites (tertiary alicyclic amines) is 1. The van der Waals surface area contributed by atoms with E-state index in [4.69, 9.17) is 14.2 Å². The van der Waals surface area contributed by atoms with E-state index in [1.54, 1.807) is 9.21 Å². The molecule has 1 saturated carbocycles. The number of carbonyl (C=O) groups excluding carboxylic acids is 1. The van der Waals surface area contributed by atoms with E-state index >= 15 is 0 Å². The molecule has 2 aromatic rings. The highest BCUT2D eigenvalue weighted by Crippen LogP contribution is 2.43. The van der Waals surface area contributed by atoms with Crippen LogP contribution in [0.5, 0.6) is 0 Å². The maximum absolute atomic E-state index is 13.9. The summed E-state index contributed by atoms with van der Waals surface area (Å²) in [6.45, 7) is 7.10. The molecule has 226 valence electrons. The lowest BCUT2D eigenvalue weighted by Gasteiger charge is -2.34. The van der Waals surface area contributed by atoms with Crippen LogP contribution in [0.25, 0.3) is 0 Å². The number of hydrogen-bond acceptors (Lipinski definition) is 7. The first-order valence-electron chi connectivity index (χ1n) is 15.4. The molecular weight excluding hydrogens is 540 g/mol. The molecule has 1 aliphatic carbocycles. The smallest absolute Gasteiger partial charge is 0.410 e. The van der Waals surface area contributed by atoms with Gasteiger partial charge in [-0.25, -0.2) is 13.2 Å². The molecule has 2 atom stereocenters. The van der Waals surface area contributed by atoms with Crippen molar-refractivity contribution >= 4 is 16.1 Å². The predicted molar refractivity (Wildman–Crippen MR) is 157 cm³/mol. The molecule has 1 aromatic heterocycles. The van der Waals surface area contributed by atoms with E-state index < -0.39 is 21.7 Å². The molecule has 0 bridgehead atoms. The SMILES string of the molecule is CC(C)(C)OC(=O)N1CCC(CS(=O)(=O)N2CC(CC3CCC3)CC2c2nc(CCCc3ccccc3)no2)CC1. The van der Waals surface area contributed by atoms with Gasteiger partial charge in [-0.05, 0) is 82.6 Å². The molecule has 10 heteroatoms. The van der Waals surface area contributed by atoms with Crippen molar-refractivity contribution < 1.29 is 22.5 Å². The number of aromatic nitrogens is 2. The minimum atomic E-state index is -3.55. The van der Waals surface area contributed by atoms with Crippen molar-refractivity contribution in [1.29, 1.82) is 0 Å². The number of aryl methyl sites for hydroxylation is 2. The van der Waals surface area contributed by atoms with Gasteiger partial charge in [-0.1, -0.05) is 54.8 Å². The van der Waals surface area contributed by atoms with Crippen LogP contribution in [0.2, 0.25) is 0 Å². The summed E-state index contributed by atoms with van der Waals surface area (Å²) in [7, 11) is -3.55. The molecule has 5 rings (SSSR count). The number of ether oxygens (including phenoxy) is 1. The summed E-state index contributed by atoms with van der Waals surface area (Å²) in [5.74, 6) is 2.17. The second kappa shape index (κ2) is 12.8. The molecule has 3 fully saturated rings. The lowest BCUT2D eigenvalue weighted by molar-refractivity contribution is 0.0190. The van der Waals surface area contributed by atoms with Crippen LogP contribution >= 0.6 is 0 Å². The van der Waals surface area contributed by atoms with E-state index in [1.165, 1.54) is 24.8 Å². The van der Waals surface area contributed by atoms with E-state index in [2.05, 4.69) is 17.3 Å². The zero-order chi connectivity index (χ0) is 29.0. The summed E-state index contributed by atoms with van der Waals surface area (Å²) >= 11 is 0. The number of nitrogens with zero attached hydrogens (tertiary/aromatic N) is 4. The van der Waals surface area contributed by atoms with Crippen LogP contribution in [0, 0.1) is 17.8 Å². The lowest BCUT2D eigenvalue weighted by Crippen LogP contribution is -2.44. The van der Waals surface area contributed by atoms with Gasteiger partial charge in [-0.2, -0.15) is 9.29 Å². The quantitative estimate of drug-likeness (QED) is 0.348. The zero-order valence-corrected chi connectivity index (χ0v) is 25.7. The van der Waals surface area contributed by atoms with Crippen LogP contribution < -0.4 is 0 Å². The minimum absolute atomic E-state index is 0.00116. The molecule has 3 aliphatic rings. The van der Waals surface area contributed by atoms with Crippen LogP contribution in [0.1, 0.15) is 95.5 Å². The Morgan fingerprint density at radius 1 is 1.02 bits per heavy atom. The standard InChI is InChI=1S/C31H46N4O5S/c1-31(2,3)39-30(36)34-17-15-25(16-18-34)22-41(37,38)35-21-26(19-24-12-7-13-24)20-27(35)29-32-28(33-40-29)14-8-11-23-9-5-4-6-10-23/h4-6,9-10,24-27H,7-8,11-22H2,1-3H3. The van der Waals surface area contributed by atoms with Gasteiger partial charge in [0, 0.05) is 26.1 Å². The van der Waals surface area contributed by atoms with Gasteiger partial charge < -0.3 is 14.2 Å². The largest absolute Gasteiger partial charge is 0.444 e. The van der Waals surface area contributed by atoms with Gasteiger partial charge in [0.1, 0.15) is 11.6 Å². The fraction of sp³-hybridized carbons (Fsp3) is 0.710. The predicted octanol–water partition coefficient (Wildman–Crippen LogP) is 5.78. The van der Waals surface area contributed by atoms with E-state index in [-0.39, 0.29) is 17.8 Å². The Morgan fingerprint density at radius 2 is 1.76 bits per heavy atom. The van der Waals surface area contributed by atoms with Gasteiger partial charge in [0.05, 0.1) is 5.75 Å². The average molecular weight is 587 g/mol. The number of amides is 1. The Kier molecular flexibility index (Phi) is 9.38. The fourth-order valence-electron chi connectivity index (χ4n) is 6.39. The molecule has 1 aromatic carbocycles. The third-order valence-electron chi connectivity index (χ3n) is 8.78. The number of piperidine rings is 1. The molecule has 41 heavy (non-hydrogen) atoms. The second-order valence-electron chi connectivity index (χ2n) is 13.3. The zero-order valence-electron chi connectivity index (χ0n) is 24.8. The maximum atomic E-state index is 13.9. The molecule has 0 radical (unpaired) electrons. The molecule has 3 heterocycles. The molecule has 1 amide bonds. The molecule has 0 N–H and O–H groups in total. The molecule has 2 unspecified atom stereocenters. The Morgan fingerprint density at radius 3 is 2.41 bits per heavy atom. The first-order valence-corrected chi connectivity index (χ1v) is 17.0. The fourth-order valence-corrected chi connectivity index (χ4v) is 8.52. The molecule has 9 nitrogen and oxygen atoms in total. The summed E-state index contributed by atoms with van der Waals surface area (Å²) in [6, 6.07) is 9.94. The summed E-state index contributed by atoms with van der Waals surface area (Å²) in [6.07, 6.45) is 9.07. The van der Waals surface area contributed by atoms with Crippen LogP contribution in [0.3, 0.4) is 0 Å². The van der Waals surface area contributed by atoms with E-state index in [1.807, 2.05) is 39.0 Å². The van der Waals surface area contributed by atoms with Gasteiger partial charge in [0.15, 0.2) is 5.82 Å². The number of rotatable bonds is 10. The highest BCUT2D eigenvalue weighted by Gasteiger charge is 2.45. The van der Waals surface area contributed by atoms with Crippen LogP contribution in [0.4, 0.5) is 4.79 Å². The molecule has 2 aliphatic heterocycles. The topological polar surface area (TPSA) is 106 Å². The van der Waals surface area contributed by atoms with Gasteiger partial charge in [-0.3, -0.25) is 0 Å². The Balaban J connectivity index is 1.21. The highest BCUT2D eigenvalue weighted by molar-refractivity contribution is 7.89. The normalized spacial score (nSPS) is 23.0. The van der Waals surface area contributed by atoms with Crippen LogP contribution in [-0.4, -0.2) is 64.8 Å². The van der Waals surface area contributed by atoms with Crippen molar-refractivity contribution in [3.05, 3.63) is 47.6 Å². The number of benzene rings is 1. The van der Waals surface area contributed by atoms with Crippen molar-refractivity contribution in [2.24, 2.45) is 17.8 Å². The Bertz CT molecular complexity index is 1250. The summed E-state index contributed by atoms with van der Waals surface area (Å²) in [5.41, 5.74) is 0.731. The summed E-state index contributed by atoms with van der Waals surface area (Å²) in [5, 5.41) is 4.23. The van der Waals surface area contributed by atoms with Crippen molar-refractivity contribution in [3.63, 3.8) is 0 Å².